The summed E-state index contributed by atoms with van der Waals surface area (Å²) in [6.07, 6.45) is -3.58. The maximum absolute atomic E-state index is 13.0. The summed E-state index contributed by atoms with van der Waals surface area (Å²) in [6, 6.07) is 5.74. The molecule has 0 radical (unpaired) electrons. The highest BCUT2D eigenvalue weighted by molar-refractivity contribution is 5.81. The number of carbonyl (C=O) groups excluding carboxylic acids is 1. The van der Waals surface area contributed by atoms with Gasteiger partial charge in [-0.25, -0.2) is 4.39 Å². The third-order valence-electron chi connectivity index (χ3n) is 3.14. The first-order chi connectivity index (χ1) is 8.33. The van der Waals surface area contributed by atoms with Gasteiger partial charge < -0.3 is 5.32 Å². The average molecular weight is 261 g/mol. The first-order valence-corrected chi connectivity index (χ1v) is 5.45. The Hall–Kier alpha value is -1.59. The third kappa shape index (κ3) is 2.63. The second-order valence-electron chi connectivity index (χ2n) is 4.47. The maximum atomic E-state index is 13.0. The van der Waals surface area contributed by atoms with Gasteiger partial charge in [0.2, 0.25) is 0 Å². The van der Waals surface area contributed by atoms with E-state index in [1.807, 2.05) is 5.32 Å². The van der Waals surface area contributed by atoms with E-state index < -0.39 is 23.3 Å². The molecule has 0 bridgehead atoms. The van der Waals surface area contributed by atoms with Crippen molar-refractivity contribution >= 4 is 5.91 Å². The molecule has 1 aromatic rings. The van der Waals surface area contributed by atoms with E-state index >= 15 is 0 Å². The van der Waals surface area contributed by atoms with E-state index in [4.69, 9.17) is 0 Å². The van der Waals surface area contributed by atoms with Crippen LogP contribution in [0.5, 0.6) is 0 Å². The van der Waals surface area contributed by atoms with E-state index in [0.717, 1.165) is 0 Å². The van der Waals surface area contributed by atoms with E-state index in [-0.39, 0.29) is 6.54 Å². The van der Waals surface area contributed by atoms with Crippen LogP contribution in [0.1, 0.15) is 18.4 Å². The van der Waals surface area contributed by atoms with Crippen LogP contribution in [0.4, 0.5) is 17.6 Å². The number of rotatable bonds is 3. The van der Waals surface area contributed by atoms with E-state index in [9.17, 15) is 22.4 Å². The molecule has 6 heteroatoms. The number of amides is 1. The van der Waals surface area contributed by atoms with Crippen molar-refractivity contribution in [1.82, 2.24) is 5.32 Å². The topological polar surface area (TPSA) is 29.1 Å². The van der Waals surface area contributed by atoms with Crippen molar-refractivity contribution in [2.45, 2.75) is 24.4 Å². The zero-order chi connectivity index (χ0) is 13.4. The number of hydrogen-bond acceptors (Lipinski definition) is 1. The van der Waals surface area contributed by atoms with Gasteiger partial charge in [-0.3, -0.25) is 4.79 Å². The molecule has 0 spiro atoms. The van der Waals surface area contributed by atoms with Crippen LogP contribution in [-0.2, 0) is 10.2 Å². The summed E-state index contributed by atoms with van der Waals surface area (Å²) in [5.74, 6) is -2.38. The molecule has 0 saturated heterocycles. The van der Waals surface area contributed by atoms with Crippen molar-refractivity contribution in [2.24, 2.45) is 0 Å². The number of carbonyl (C=O) groups is 1. The number of nitrogens with one attached hydrogen (secondary N) is 1. The van der Waals surface area contributed by atoms with Crippen LogP contribution in [0.25, 0.3) is 0 Å². The molecule has 0 aliphatic heterocycles. The van der Waals surface area contributed by atoms with Gasteiger partial charge in [-0.05, 0) is 30.5 Å². The fourth-order valence-electron chi connectivity index (χ4n) is 1.89. The van der Waals surface area contributed by atoms with Gasteiger partial charge in [0.25, 0.3) is 0 Å². The van der Waals surface area contributed by atoms with Gasteiger partial charge >= 0.3 is 12.1 Å². The normalized spacial score (nSPS) is 17.3. The van der Waals surface area contributed by atoms with E-state index in [1.54, 1.807) is 6.07 Å². The molecule has 0 unspecified atom stereocenters. The molecule has 18 heavy (non-hydrogen) atoms. The summed E-state index contributed by atoms with van der Waals surface area (Å²) in [5.41, 5.74) is 0.0909. The van der Waals surface area contributed by atoms with Crippen molar-refractivity contribution in [3.8, 4) is 0 Å². The maximum Gasteiger partial charge on any atom is 0.471 e. The fourth-order valence-corrected chi connectivity index (χ4v) is 1.89. The Morgan fingerprint density at radius 1 is 1.33 bits per heavy atom. The zero-order valence-electron chi connectivity index (χ0n) is 9.35. The molecule has 1 amide bonds. The van der Waals surface area contributed by atoms with E-state index in [1.165, 1.54) is 18.2 Å². The van der Waals surface area contributed by atoms with Crippen molar-refractivity contribution in [3.63, 3.8) is 0 Å². The molecular weight excluding hydrogens is 250 g/mol. The van der Waals surface area contributed by atoms with Crippen LogP contribution in [0, 0.1) is 5.82 Å². The molecule has 1 N–H and O–H groups in total. The quantitative estimate of drug-likeness (QED) is 0.832. The lowest BCUT2D eigenvalue weighted by molar-refractivity contribution is -0.173. The number of hydrogen-bond donors (Lipinski definition) is 1. The molecule has 1 saturated carbocycles. The summed E-state index contributed by atoms with van der Waals surface area (Å²) in [7, 11) is 0. The molecule has 2 rings (SSSR count). The lowest BCUT2D eigenvalue weighted by Gasteiger charge is -2.17. The van der Waals surface area contributed by atoms with Gasteiger partial charge in [-0.2, -0.15) is 13.2 Å². The second kappa shape index (κ2) is 4.26. The third-order valence-corrected chi connectivity index (χ3v) is 3.14. The van der Waals surface area contributed by atoms with Crippen LogP contribution in [0.2, 0.25) is 0 Å². The molecule has 1 fully saturated rings. The van der Waals surface area contributed by atoms with Gasteiger partial charge in [0.1, 0.15) is 5.82 Å². The SMILES string of the molecule is O=C(NCC1(c2cccc(F)c2)CC1)C(F)(F)F. The predicted octanol–water partition coefficient (Wildman–Crippen LogP) is 2.54. The summed E-state index contributed by atoms with van der Waals surface area (Å²) in [6.45, 7) is -0.116. The smallest absolute Gasteiger partial charge is 0.347 e. The lowest BCUT2D eigenvalue weighted by Crippen LogP contribution is -2.40. The fraction of sp³-hybridized carbons (Fsp3) is 0.417. The molecule has 0 atom stereocenters. The number of benzene rings is 1. The summed E-state index contributed by atoms with van der Waals surface area (Å²) >= 11 is 0. The van der Waals surface area contributed by atoms with Gasteiger partial charge in [0, 0.05) is 12.0 Å². The Kier molecular flexibility index (Phi) is 3.04. The molecular formula is C12H11F4NO. The Bertz CT molecular complexity index is 465. The van der Waals surface area contributed by atoms with Gasteiger partial charge in [-0.15, -0.1) is 0 Å². The molecule has 0 heterocycles. The van der Waals surface area contributed by atoms with Crippen LogP contribution < -0.4 is 5.32 Å². The highest BCUT2D eigenvalue weighted by atomic mass is 19.4. The largest absolute Gasteiger partial charge is 0.471 e. The minimum absolute atomic E-state index is 0.116. The Balaban J connectivity index is 2.03. The summed E-state index contributed by atoms with van der Waals surface area (Å²) < 4.78 is 49.2. The molecule has 2 nitrogen and oxygen atoms in total. The molecule has 1 aliphatic rings. The van der Waals surface area contributed by atoms with E-state index in [2.05, 4.69) is 0 Å². The van der Waals surface area contributed by atoms with Gasteiger partial charge in [0.05, 0.1) is 0 Å². The van der Waals surface area contributed by atoms with Crippen LogP contribution in [-0.4, -0.2) is 18.6 Å². The second-order valence-corrected chi connectivity index (χ2v) is 4.47. The summed E-state index contributed by atoms with van der Waals surface area (Å²) in [5, 5.41) is 1.86. The zero-order valence-corrected chi connectivity index (χ0v) is 9.35. The highest BCUT2D eigenvalue weighted by Crippen LogP contribution is 2.47. The average Bonchev–Trinajstić information content (AvgIpc) is 3.05. The Labute approximate surface area is 101 Å². The number of alkyl halides is 3. The minimum atomic E-state index is -4.88. The van der Waals surface area contributed by atoms with Gasteiger partial charge in [-0.1, -0.05) is 12.1 Å². The first-order valence-electron chi connectivity index (χ1n) is 5.45. The molecule has 1 aliphatic carbocycles. The standard InChI is InChI=1S/C12H11F4NO/c13-9-3-1-2-8(6-9)11(4-5-11)7-17-10(18)12(14,15)16/h1-3,6H,4-5,7H2,(H,17,18). The Morgan fingerprint density at radius 2 is 2.00 bits per heavy atom. The molecule has 98 valence electrons. The summed E-state index contributed by atoms with van der Waals surface area (Å²) in [4.78, 5) is 10.7. The van der Waals surface area contributed by atoms with Crippen molar-refractivity contribution in [1.29, 1.82) is 0 Å². The molecule has 0 aromatic heterocycles. The van der Waals surface area contributed by atoms with Crippen LogP contribution in [0.15, 0.2) is 24.3 Å². The predicted molar refractivity (Wildman–Crippen MR) is 56.4 cm³/mol. The van der Waals surface area contributed by atoms with Crippen LogP contribution >= 0.6 is 0 Å². The molecule has 1 aromatic carbocycles. The Morgan fingerprint density at radius 3 is 2.50 bits per heavy atom. The van der Waals surface area contributed by atoms with Crippen molar-refractivity contribution < 1.29 is 22.4 Å². The monoisotopic (exact) mass is 261 g/mol. The number of halogens is 4. The van der Waals surface area contributed by atoms with Crippen LogP contribution in [0.3, 0.4) is 0 Å². The van der Waals surface area contributed by atoms with E-state index in [0.29, 0.717) is 18.4 Å². The first kappa shape index (κ1) is 12.9. The minimum Gasteiger partial charge on any atom is -0.347 e. The van der Waals surface area contributed by atoms with Gasteiger partial charge in [0.15, 0.2) is 0 Å². The lowest BCUT2D eigenvalue weighted by atomic mass is 9.96. The highest BCUT2D eigenvalue weighted by Gasteiger charge is 2.47. The van der Waals surface area contributed by atoms with Crippen molar-refractivity contribution in [2.75, 3.05) is 6.54 Å². The van der Waals surface area contributed by atoms with Crippen molar-refractivity contribution in [3.05, 3.63) is 35.6 Å².